The molecule has 1 amide bonds. The average molecular weight is 372 g/mol. The van der Waals surface area contributed by atoms with Crippen molar-refractivity contribution in [2.45, 2.75) is 12.8 Å². The Morgan fingerprint density at radius 2 is 1.71 bits per heavy atom. The van der Waals surface area contributed by atoms with Crippen LogP contribution < -0.4 is 15.5 Å². The Morgan fingerprint density at radius 3 is 2.61 bits per heavy atom. The minimum Gasteiger partial charge on any atom is -0.385 e. The Balaban J connectivity index is 1.37. The maximum Gasteiger partial charge on any atom is 0.262 e. The van der Waals surface area contributed by atoms with Crippen molar-refractivity contribution in [3.63, 3.8) is 0 Å². The molecule has 2 heterocycles. The van der Waals surface area contributed by atoms with Gasteiger partial charge in [0, 0.05) is 37.2 Å². The Hall–Kier alpha value is -3.34. The second-order valence-corrected chi connectivity index (χ2v) is 6.81. The Kier molecular flexibility index (Phi) is 5.52. The van der Waals surface area contributed by atoms with Gasteiger partial charge in [-0.2, -0.15) is 0 Å². The van der Waals surface area contributed by atoms with Gasteiger partial charge in [-0.05, 0) is 48.7 Å². The monoisotopic (exact) mass is 372 g/mol. The molecular formula is C23H24N4O. The van der Waals surface area contributed by atoms with Gasteiger partial charge in [-0.15, -0.1) is 0 Å². The van der Waals surface area contributed by atoms with Crippen LogP contribution in [0.5, 0.6) is 0 Å². The van der Waals surface area contributed by atoms with Crippen molar-refractivity contribution in [1.82, 2.24) is 4.98 Å². The first-order valence-electron chi connectivity index (χ1n) is 9.70. The van der Waals surface area contributed by atoms with E-state index in [-0.39, 0.29) is 5.91 Å². The van der Waals surface area contributed by atoms with E-state index in [9.17, 15) is 4.79 Å². The number of carbonyl (C=O) groups excluding carboxylic acids is 1. The van der Waals surface area contributed by atoms with Gasteiger partial charge < -0.3 is 15.5 Å². The zero-order valence-electron chi connectivity index (χ0n) is 15.8. The lowest BCUT2D eigenvalue weighted by atomic mass is 10.1. The third kappa shape index (κ3) is 3.98. The third-order valence-electron chi connectivity index (χ3n) is 4.92. The highest BCUT2D eigenvalue weighted by Gasteiger charge is 2.26. The lowest BCUT2D eigenvalue weighted by Crippen LogP contribution is -2.30. The number of benzene rings is 2. The molecule has 2 aromatic carbocycles. The predicted molar refractivity (Wildman–Crippen MR) is 114 cm³/mol. The first-order valence-corrected chi connectivity index (χ1v) is 9.70. The van der Waals surface area contributed by atoms with Crippen molar-refractivity contribution in [3.05, 3.63) is 84.1 Å². The number of hydrogen-bond donors (Lipinski definition) is 2. The molecule has 0 radical (unpaired) electrons. The van der Waals surface area contributed by atoms with E-state index in [0.717, 1.165) is 37.3 Å². The van der Waals surface area contributed by atoms with Gasteiger partial charge in [-0.25, -0.2) is 4.98 Å². The molecule has 0 aliphatic carbocycles. The minimum absolute atomic E-state index is 0.00274. The molecule has 0 bridgehead atoms. The van der Waals surface area contributed by atoms with E-state index in [4.69, 9.17) is 0 Å². The molecule has 1 aromatic heterocycles. The van der Waals surface area contributed by atoms with Crippen LogP contribution in [0.2, 0.25) is 0 Å². The summed E-state index contributed by atoms with van der Waals surface area (Å²) in [5.74, 6) is 0.652. The van der Waals surface area contributed by atoms with E-state index in [1.807, 2.05) is 53.4 Å². The number of nitrogens with zero attached hydrogens (tertiary/aromatic N) is 2. The first-order chi connectivity index (χ1) is 13.8. The van der Waals surface area contributed by atoms with Gasteiger partial charge in [0.05, 0.1) is 5.56 Å². The molecule has 2 N–H and O–H groups in total. The van der Waals surface area contributed by atoms with Gasteiger partial charge in [0.25, 0.3) is 5.91 Å². The highest BCUT2D eigenvalue weighted by molar-refractivity contribution is 6.10. The van der Waals surface area contributed by atoms with E-state index < -0.39 is 0 Å². The summed E-state index contributed by atoms with van der Waals surface area (Å²) in [6, 6.07) is 21.9. The molecule has 0 unspecified atom stereocenters. The van der Waals surface area contributed by atoms with Gasteiger partial charge in [-0.3, -0.25) is 4.79 Å². The van der Waals surface area contributed by atoms with Gasteiger partial charge >= 0.3 is 0 Å². The molecule has 5 nitrogen and oxygen atoms in total. The summed E-state index contributed by atoms with van der Waals surface area (Å²) in [4.78, 5) is 19.4. The van der Waals surface area contributed by atoms with E-state index in [2.05, 4.69) is 33.8 Å². The zero-order valence-corrected chi connectivity index (χ0v) is 15.8. The van der Waals surface area contributed by atoms with Crippen LogP contribution in [-0.2, 0) is 6.42 Å². The lowest BCUT2D eigenvalue weighted by Gasteiger charge is -2.19. The van der Waals surface area contributed by atoms with Crippen LogP contribution in [0.15, 0.2) is 72.9 Å². The number of pyridine rings is 1. The van der Waals surface area contributed by atoms with Crippen LogP contribution in [0.4, 0.5) is 17.2 Å². The van der Waals surface area contributed by atoms with Crippen LogP contribution in [0.1, 0.15) is 22.3 Å². The lowest BCUT2D eigenvalue weighted by molar-refractivity contribution is 0.0990. The fourth-order valence-electron chi connectivity index (χ4n) is 3.50. The normalized spacial score (nSPS) is 12.5. The number of anilines is 3. The third-order valence-corrected chi connectivity index (χ3v) is 4.92. The molecule has 28 heavy (non-hydrogen) atoms. The highest BCUT2D eigenvalue weighted by atomic mass is 16.2. The zero-order chi connectivity index (χ0) is 19.2. The molecular weight excluding hydrogens is 348 g/mol. The van der Waals surface area contributed by atoms with Crippen LogP contribution in [0.3, 0.4) is 0 Å². The molecule has 4 rings (SSSR count). The number of aromatic nitrogens is 1. The molecule has 0 saturated carbocycles. The van der Waals surface area contributed by atoms with Crippen LogP contribution >= 0.6 is 0 Å². The summed E-state index contributed by atoms with van der Waals surface area (Å²) >= 11 is 0. The number of amides is 1. The fraction of sp³-hybridized carbons (Fsp3) is 0.217. The van der Waals surface area contributed by atoms with Crippen molar-refractivity contribution in [3.8, 4) is 0 Å². The fourth-order valence-corrected chi connectivity index (χ4v) is 3.50. The molecule has 0 spiro atoms. The number of rotatable bonds is 7. The van der Waals surface area contributed by atoms with Crippen molar-refractivity contribution < 1.29 is 4.79 Å². The number of carbonyl (C=O) groups is 1. The molecule has 0 fully saturated rings. The van der Waals surface area contributed by atoms with E-state index in [1.54, 1.807) is 6.20 Å². The van der Waals surface area contributed by atoms with Crippen molar-refractivity contribution >= 4 is 23.1 Å². The topological polar surface area (TPSA) is 57.3 Å². The van der Waals surface area contributed by atoms with Crippen LogP contribution in [-0.4, -0.2) is 30.5 Å². The van der Waals surface area contributed by atoms with Gasteiger partial charge in [-0.1, -0.05) is 36.4 Å². The smallest absolute Gasteiger partial charge is 0.262 e. The molecule has 142 valence electrons. The van der Waals surface area contributed by atoms with Crippen LogP contribution in [0, 0.1) is 0 Å². The quantitative estimate of drug-likeness (QED) is 0.611. The maximum absolute atomic E-state index is 13.1. The summed E-state index contributed by atoms with van der Waals surface area (Å²) in [5.41, 5.74) is 3.97. The highest BCUT2D eigenvalue weighted by Crippen LogP contribution is 2.29. The number of para-hydroxylation sites is 2. The second-order valence-electron chi connectivity index (χ2n) is 6.81. The summed E-state index contributed by atoms with van der Waals surface area (Å²) in [7, 11) is 0. The average Bonchev–Trinajstić information content (AvgIpc) is 3.18. The Morgan fingerprint density at radius 1 is 0.929 bits per heavy atom. The van der Waals surface area contributed by atoms with Gasteiger partial charge in [0.1, 0.15) is 5.82 Å². The number of hydrogen-bond acceptors (Lipinski definition) is 4. The van der Waals surface area contributed by atoms with Gasteiger partial charge in [0.15, 0.2) is 0 Å². The van der Waals surface area contributed by atoms with Crippen molar-refractivity contribution in [2.75, 3.05) is 35.2 Å². The van der Waals surface area contributed by atoms with Gasteiger partial charge in [0.2, 0.25) is 0 Å². The SMILES string of the molecule is O=C(c1cccnc1NCCCNc1ccccc1)N1CCc2ccccc21. The summed E-state index contributed by atoms with van der Waals surface area (Å²) in [6.07, 6.45) is 3.54. The van der Waals surface area contributed by atoms with Crippen molar-refractivity contribution in [2.24, 2.45) is 0 Å². The molecule has 1 aliphatic rings. The maximum atomic E-state index is 13.1. The first kappa shape index (κ1) is 18.0. The summed E-state index contributed by atoms with van der Waals surface area (Å²) in [6.45, 7) is 2.31. The number of nitrogens with one attached hydrogen (secondary N) is 2. The molecule has 5 heteroatoms. The molecule has 1 aliphatic heterocycles. The minimum atomic E-state index is 0.00274. The Bertz CT molecular complexity index is 942. The predicted octanol–water partition coefficient (Wildman–Crippen LogP) is 4.20. The summed E-state index contributed by atoms with van der Waals surface area (Å²) in [5, 5.41) is 6.72. The summed E-state index contributed by atoms with van der Waals surface area (Å²) < 4.78 is 0. The van der Waals surface area contributed by atoms with E-state index in [0.29, 0.717) is 17.9 Å². The Labute approximate surface area is 165 Å². The molecule has 0 saturated heterocycles. The van der Waals surface area contributed by atoms with Crippen LogP contribution in [0.25, 0.3) is 0 Å². The number of fused-ring (bicyclic) bond motifs is 1. The molecule has 3 aromatic rings. The largest absolute Gasteiger partial charge is 0.385 e. The van der Waals surface area contributed by atoms with E-state index in [1.165, 1.54) is 5.56 Å². The molecule has 0 atom stereocenters. The van der Waals surface area contributed by atoms with Crippen molar-refractivity contribution in [1.29, 1.82) is 0 Å². The second kappa shape index (κ2) is 8.57. The standard InChI is InChI=1S/C23H24N4O/c28-23(27-17-13-18-8-4-5-12-21(18)27)20-11-6-14-25-22(20)26-16-7-15-24-19-9-2-1-3-10-19/h1-6,8-12,14,24H,7,13,15-17H2,(H,25,26). The van der Waals surface area contributed by atoms with E-state index >= 15 is 0 Å².